The maximum absolute atomic E-state index is 13.2. The van der Waals surface area contributed by atoms with Gasteiger partial charge in [-0.15, -0.1) is 11.3 Å². The van der Waals surface area contributed by atoms with E-state index in [0.29, 0.717) is 6.42 Å². The monoisotopic (exact) mass is 389 g/mol. The lowest BCUT2D eigenvalue weighted by molar-refractivity contribution is -0.139. The van der Waals surface area contributed by atoms with E-state index in [9.17, 15) is 4.79 Å². The highest BCUT2D eigenvalue weighted by atomic mass is 79.9. The van der Waals surface area contributed by atoms with Crippen LogP contribution in [-0.4, -0.2) is 23.8 Å². The van der Waals surface area contributed by atoms with Crippen LogP contribution < -0.4 is 5.32 Å². The Morgan fingerprint density at radius 3 is 2.70 bits per heavy atom. The van der Waals surface area contributed by atoms with Crippen LogP contribution in [-0.2, 0) is 22.2 Å². The zero-order valence-electron chi connectivity index (χ0n) is 12.8. The van der Waals surface area contributed by atoms with Gasteiger partial charge in [-0.1, -0.05) is 24.3 Å². The van der Waals surface area contributed by atoms with Crippen LogP contribution in [0, 0.1) is 5.41 Å². The average Bonchev–Trinajstić information content (AvgIpc) is 2.93. The van der Waals surface area contributed by atoms with Gasteiger partial charge in [0.25, 0.3) is 0 Å². The minimum atomic E-state index is -0.660. The van der Waals surface area contributed by atoms with Crippen LogP contribution in [0.2, 0.25) is 0 Å². The number of guanidine groups is 1. The van der Waals surface area contributed by atoms with Crippen LogP contribution in [0.3, 0.4) is 0 Å². The highest BCUT2D eigenvalue weighted by Gasteiger charge is 2.65. The molecule has 0 saturated carbocycles. The van der Waals surface area contributed by atoms with Crippen molar-refractivity contribution in [3.8, 4) is 0 Å². The molecule has 1 aliphatic carbocycles. The van der Waals surface area contributed by atoms with Crippen LogP contribution in [0.5, 0.6) is 0 Å². The molecule has 2 aliphatic rings. The number of benzene rings is 1. The molecule has 2 heterocycles. The molecular weight excluding hydrogens is 374 g/mol. The zero-order valence-corrected chi connectivity index (χ0v) is 15.2. The van der Waals surface area contributed by atoms with Gasteiger partial charge in [0.15, 0.2) is 5.96 Å². The third kappa shape index (κ3) is 1.71. The number of nitrogens with one attached hydrogen (secondary N) is 2. The molecule has 118 valence electrons. The van der Waals surface area contributed by atoms with E-state index in [2.05, 4.69) is 27.3 Å². The Bertz CT molecular complexity index is 848. The zero-order chi connectivity index (χ0) is 16.4. The quantitative estimate of drug-likeness (QED) is 0.786. The minimum absolute atomic E-state index is 0.00743. The number of carbonyl (C=O) groups excluding carboxylic acids is 1. The van der Waals surface area contributed by atoms with E-state index in [1.807, 2.05) is 37.3 Å². The Hall–Kier alpha value is -1.66. The number of carbonyl (C=O) groups is 1. The smallest absolute Gasteiger partial charge is 0.242 e. The van der Waals surface area contributed by atoms with Crippen molar-refractivity contribution < 1.29 is 4.79 Å². The Kier molecular flexibility index (Phi) is 3.03. The molecule has 1 aliphatic heterocycles. The molecule has 2 atom stereocenters. The first kappa shape index (κ1) is 14.9. The van der Waals surface area contributed by atoms with E-state index in [1.54, 1.807) is 18.4 Å². The maximum atomic E-state index is 13.2. The summed E-state index contributed by atoms with van der Waals surface area (Å²) in [5, 5.41) is 11.5. The van der Waals surface area contributed by atoms with Gasteiger partial charge >= 0.3 is 0 Å². The summed E-state index contributed by atoms with van der Waals surface area (Å²) in [6.07, 6.45) is 0.693. The molecule has 4 nitrogen and oxygen atoms in total. The van der Waals surface area contributed by atoms with Crippen LogP contribution >= 0.6 is 27.3 Å². The fourth-order valence-corrected chi connectivity index (χ4v) is 5.45. The number of rotatable bonds is 1. The van der Waals surface area contributed by atoms with Gasteiger partial charge in [-0.3, -0.25) is 15.1 Å². The molecule has 0 radical (unpaired) electrons. The average molecular weight is 390 g/mol. The summed E-state index contributed by atoms with van der Waals surface area (Å²) in [5.41, 5.74) is 1.00. The second-order valence-electron chi connectivity index (χ2n) is 6.31. The lowest BCUT2D eigenvalue weighted by Gasteiger charge is -2.58. The number of fused-ring (bicyclic) bond motifs is 2. The van der Waals surface area contributed by atoms with Crippen molar-refractivity contribution in [3.63, 3.8) is 0 Å². The van der Waals surface area contributed by atoms with E-state index in [4.69, 9.17) is 5.41 Å². The maximum Gasteiger partial charge on any atom is 0.242 e. The van der Waals surface area contributed by atoms with Crippen molar-refractivity contribution in [2.45, 2.75) is 24.3 Å². The SMILES string of the molecule is CN1C(=N)N[C@](C)(c2ccc(Br)s2)[C@@]2(Cc3ccccc32)C1=O. The second kappa shape index (κ2) is 4.68. The summed E-state index contributed by atoms with van der Waals surface area (Å²) < 4.78 is 1.02. The van der Waals surface area contributed by atoms with Crippen molar-refractivity contribution in [2.24, 2.45) is 0 Å². The fraction of sp³-hybridized carbons (Fsp3) is 0.294. The first-order valence-corrected chi connectivity index (χ1v) is 9.00. The fourth-order valence-electron chi connectivity index (χ4n) is 3.89. The molecule has 4 rings (SSSR count). The van der Waals surface area contributed by atoms with E-state index in [0.717, 1.165) is 14.2 Å². The van der Waals surface area contributed by atoms with E-state index in [-0.39, 0.29) is 11.9 Å². The molecule has 6 heteroatoms. The molecule has 0 bridgehead atoms. The van der Waals surface area contributed by atoms with Gasteiger partial charge in [0.05, 0.1) is 9.33 Å². The predicted octanol–water partition coefficient (Wildman–Crippen LogP) is 3.22. The lowest BCUT2D eigenvalue weighted by Crippen LogP contribution is -2.74. The van der Waals surface area contributed by atoms with Crippen molar-refractivity contribution in [1.29, 1.82) is 5.41 Å². The topological polar surface area (TPSA) is 56.2 Å². The molecule has 1 amide bonds. The Labute approximate surface area is 147 Å². The number of hydrogen-bond acceptors (Lipinski definition) is 3. The molecule has 2 N–H and O–H groups in total. The van der Waals surface area contributed by atoms with Gasteiger partial charge in [0, 0.05) is 11.9 Å². The van der Waals surface area contributed by atoms with Gasteiger partial charge in [-0.05, 0) is 52.5 Å². The number of nitrogens with zero attached hydrogens (tertiary/aromatic N) is 1. The lowest BCUT2D eigenvalue weighted by atomic mass is 9.52. The summed E-state index contributed by atoms with van der Waals surface area (Å²) in [6, 6.07) is 12.2. The second-order valence-corrected chi connectivity index (χ2v) is 8.77. The number of amides is 1. The summed E-state index contributed by atoms with van der Waals surface area (Å²) in [7, 11) is 1.67. The van der Waals surface area contributed by atoms with Crippen molar-refractivity contribution in [1.82, 2.24) is 10.2 Å². The highest BCUT2D eigenvalue weighted by Crippen LogP contribution is 2.56. The molecular formula is C17H16BrN3OS. The molecule has 0 unspecified atom stereocenters. The summed E-state index contributed by atoms with van der Waals surface area (Å²) in [4.78, 5) is 15.7. The number of likely N-dealkylation sites (N-methyl/N-ethyl adjacent to an activating group) is 1. The van der Waals surface area contributed by atoms with Gasteiger partial charge in [0.2, 0.25) is 5.91 Å². The number of thiophene rings is 1. The highest BCUT2D eigenvalue weighted by molar-refractivity contribution is 9.11. The minimum Gasteiger partial charge on any atom is -0.345 e. The van der Waals surface area contributed by atoms with E-state index < -0.39 is 11.0 Å². The third-order valence-electron chi connectivity index (χ3n) is 5.23. The number of halogens is 1. The largest absolute Gasteiger partial charge is 0.345 e. The van der Waals surface area contributed by atoms with Crippen LogP contribution in [0.4, 0.5) is 0 Å². The molecule has 1 saturated heterocycles. The van der Waals surface area contributed by atoms with Gasteiger partial charge in [0.1, 0.15) is 5.41 Å². The molecule has 1 spiro atoms. The molecule has 1 fully saturated rings. The summed E-state index contributed by atoms with van der Waals surface area (Å²) in [5.74, 6) is 0.143. The van der Waals surface area contributed by atoms with Gasteiger partial charge in [-0.2, -0.15) is 0 Å². The number of hydrogen-bond donors (Lipinski definition) is 2. The normalized spacial score (nSPS) is 29.3. The van der Waals surface area contributed by atoms with Crippen LogP contribution in [0.1, 0.15) is 22.9 Å². The Morgan fingerprint density at radius 1 is 1.30 bits per heavy atom. The van der Waals surface area contributed by atoms with Gasteiger partial charge < -0.3 is 5.32 Å². The first-order chi connectivity index (χ1) is 10.9. The molecule has 1 aromatic heterocycles. The molecule has 23 heavy (non-hydrogen) atoms. The van der Waals surface area contributed by atoms with Crippen LogP contribution in [0.15, 0.2) is 40.2 Å². The standard InChI is InChI=1S/C17H16BrN3OS/c1-16(12-7-8-13(18)23-12)17(14(22)21(2)15(19)20-16)9-10-5-3-4-6-11(10)17/h3-8H,9H2,1-2H3,(H2,19,20)/t16-,17-/m1/s1. The summed E-state index contributed by atoms with van der Waals surface area (Å²) >= 11 is 5.13. The van der Waals surface area contributed by atoms with E-state index in [1.165, 1.54) is 10.5 Å². The summed E-state index contributed by atoms with van der Waals surface area (Å²) in [6.45, 7) is 2.04. The van der Waals surface area contributed by atoms with Gasteiger partial charge in [-0.25, -0.2) is 0 Å². The van der Waals surface area contributed by atoms with Crippen molar-refractivity contribution >= 4 is 39.1 Å². The Morgan fingerprint density at radius 2 is 2.04 bits per heavy atom. The predicted molar refractivity (Wildman–Crippen MR) is 94.8 cm³/mol. The third-order valence-corrected chi connectivity index (χ3v) is 7.07. The van der Waals surface area contributed by atoms with Crippen molar-refractivity contribution in [2.75, 3.05) is 7.05 Å². The molecule has 1 aromatic carbocycles. The Balaban J connectivity index is 1.96. The van der Waals surface area contributed by atoms with Crippen LogP contribution in [0.25, 0.3) is 0 Å². The van der Waals surface area contributed by atoms with E-state index >= 15 is 0 Å². The van der Waals surface area contributed by atoms with Crippen molar-refractivity contribution in [3.05, 3.63) is 56.2 Å². The molecule has 2 aromatic rings. The first-order valence-electron chi connectivity index (χ1n) is 7.39.